The summed E-state index contributed by atoms with van der Waals surface area (Å²) in [6.07, 6.45) is -11.5. The van der Waals surface area contributed by atoms with Crippen LogP contribution in [0.25, 0.3) is 0 Å². The number of alkyl halides is 7. The average molecular weight is 318 g/mol. The molecule has 0 spiro atoms. The standard InChI is InChI=1S/C11H6ClF6NO/c12-8-7(6-4-2-1-3-5-6)19-20-9(8,10(13,14)15)11(16,17)18/h1-5,8H. The fourth-order valence-electron chi connectivity index (χ4n) is 1.77. The van der Waals surface area contributed by atoms with Crippen LogP contribution in [0, 0.1) is 0 Å². The van der Waals surface area contributed by atoms with Crippen LogP contribution in [0.5, 0.6) is 0 Å². The Morgan fingerprint density at radius 2 is 1.50 bits per heavy atom. The van der Waals surface area contributed by atoms with E-state index >= 15 is 0 Å². The zero-order chi connectivity index (χ0) is 15.2. The largest absolute Gasteiger partial charge is 0.442 e. The normalized spacial score (nSPS) is 22.4. The van der Waals surface area contributed by atoms with E-state index in [0.717, 1.165) is 0 Å². The Balaban J connectivity index is 2.48. The molecule has 0 fully saturated rings. The van der Waals surface area contributed by atoms with Gasteiger partial charge in [0, 0.05) is 5.56 Å². The predicted octanol–water partition coefficient (Wildman–Crippen LogP) is 3.89. The molecule has 0 aliphatic carbocycles. The van der Waals surface area contributed by atoms with E-state index in [1.165, 1.54) is 24.3 Å². The summed E-state index contributed by atoms with van der Waals surface area (Å²) in [7, 11) is 0. The Morgan fingerprint density at radius 1 is 1.00 bits per heavy atom. The summed E-state index contributed by atoms with van der Waals surface area (Å²) in [6.45, 7) is 0. The SMILES string of the molecule is FC(F)(F)C1(C(F)(F)F)ON=C(c2ccccc2)C1Cl. The number of hydrogen-bond donors (Lipinski definition) is 0. The van der Waals surface area contributed by atoms with E-state index < -0.39 is 29.0 Å². The molecule has 9 heteroatoms. The maximum Gasteiger partial charge on any atom is 0.442 e. The number of oxime groups is 1. The first-order chi connectivity index (χ1) is 9.11. The molecule has 1 atom stereocenters. The minimum absolute atomic E-state index is 0.0304. The van der Waals surface area contributed by atoms with Gasteiger partial charge in [0.15, 0.2) is 0 Å². The van der Waals surface area contributed by atoms with Gasteiger partial charge in [-0.2, -0.15) is 26.3 Å². The third-order valence-corrected chi connectivity index (χ3v) is 3.31. The van der Waals surface area contributed by atoms with Gasteiger partial charge >= 0.3 is 18.0 Å². The summed E-state index contributed by atoms with van der Waals surface area (Å²) in [6, 6.07) is 7.00. The second-order valence-corrected chi connectivity index (χ2v) is 4.46. The molecule has 1 unspecified atom stereocenters. The molecule has 0 saturated heterocycles. The van der Waals surface area contributed by atoms with Crippen LogP contribution < -0.4 is 0 Å². The molecular formula is C11H6ClF6NO. The zero-order valence-corrected chi connectivity index (χ0v) is 10.2. The Morgan fingerprint density at radius 3 is 1.90 bits per heavy atom. The molecule has 0 amide bonds. The van der Waals surface area contributed by atoms with E-state index in [1.807, 2.05) is 0 Å². The Bertz CT molecular complexity index is 510. The van der Waals surface area contributed by atoms with Crippen LogP contribution in [-0.2, 0) is 4.84 Å². The molecule has 1 heterocycles. The molecule has 0 saturated carbocycles. The second-order valence-electron chi connectivity index (χ2n) is 4.03. The summed E-state index contributed by atoms with van der Waals surface area (Å²) < 4.78 is 77.1. The molecule has 0 radical (unpaired) electrons. The van der Waals surface area contributed by atoms with Gasteiger partial charge in [0.05, 0.1) is 0 Å². The lowest BCUT2D eigenvalue weighted by Gasteiger charge is -2.33. The van der Waals surface area contributed by atoms with Crippen molar-refractivity contribution >= 4 is 17.3 Å². The predicted molar refractivity (Wildman–Crippen MR) is 58.5 cm³/mol. The van der Waals surface area contributed by atoms with Crippen molar-refractivity contribution in [1.29, 1.82) is 0 Å². The number of benzene rings is 1. The fourth-order valence-corrected chi connectivity index (χ4v) is 2.22. The van der Waals surface area contributed by atoms with E-state index in [9.17, 15) is 26.3 Å². The summed E-state index contributed by atoms with van der Waals surface area (Å²) in [5, 5.41) is 0.395. The van der Waals surface area contributed by atoms with E-state index in [2.05, 4.69) is 9.99 Å². The molecule has 0 aromatic heterocycles. The summed E-state index contributed by atoms with van der Waals surface area (Å²) in [4.78, 5) is 3.75. The molecule has 2 rings (SSSR count). The van der Waals surface area contributed by atoms with Crippen molar-refractivity contribution in [1.82, 2.24) is 0 Å². The van der Waals surface area contributed by atoms with Gasteiger partial charge in [-0.3, -0.25) is 0 Å². The third kappa shape index (κ3) is 2.02. The van der Waals surface area contributed by atoms with Gasteiger partial charge in [-0.05, 0) is 0 Å². The van der Waals surface area contributed by atoms with E-state index in [0.29, 0.717) is 0 Å². The van der Waals surface area contributed by atoms with Gasteiger partial charge in [0.2, 0.25) is 0 Å². The average Bonchev–Trinajstić information content (AvgIpc) is 2.68. The maximum absolute atomic E-state index is 12.8. The molecule has 1 aromatic carbocycles. The van der Waals surface area contributed by atoms with E-state index in [-0.39, 0.29) is 5.56 Å². The molecule has 110 valence electrons. The Labute approximate surface area is 114 Å². The van der Waals surface area contributed by atoms with Gasteiger partial charge in [0.1, 0.15) is 11.1 Å². The van der Waals surface area contributed by atoms with Gasteiger partial charge in [0.25, 0.3) is 0 Å². The van der Waals surface area contributed by atoms with Crippen LogP contribution in [0.15, 0.2) is 35.5 Å². The smallest absolute Gasteiger partial charge is 0.367 e. The molecule has 20 heavy (non-hydrogen) atoms. The number of rotatable bonds is 1. The van der Waals surface area contributed by atoms with Crippen molar-refractivity contribution in [3.05, 3.63) is 35.9 Å². The van der Waals surface area contributed by atoms with E-state index in [1.54, 1.807) is 6.07 Å². The number of halogens is 7. The maximum atomic E-state index is 12.8. The van der Waals surface area contributed by atoms with Crippen LogP contribution in [0.3, 0.4) is 0 Å². The van der Waals surface area contributed by atoms with Gasteiger partial charge in [-0.1, -0.05) is 35.5 Å². The molecule has 0 N–H and O–H groups in total. The highest BCUT2D eigenvalue weighted by Gasteiger charge is 2.80. The number of hydrogen-bond acceptors (Lipinski definition) is 2. The summed E-state index contributed by atoms with van der Waals surface area (Å²) >= 11 is 5.41. The van der Waals surface area contributed by atoms with Crippen LogP contribution in [0.2, 0.25) is 0 Å². The van der Waals surface area contributed by atoms with Gasteiger partial charge in [-0.25, -0.2) is 0 Å². The van der Waals surface area contributed by atoms with Gasteiger partial charge in [-0.15, -0.1) is 11.6 Å². The van der Waals surface area contributed by atoms with Crippen molar-refractivity contribution in [2.24, 2.45) is 5.16 Å². The molecule has 1 aliphatic heterocycles. The molecule has 1 aliphatic rings. The summed E-state index contributed by atoms with van der Waals surface area (Å²) in [5.74, 6) is 0. The van der Waals surface area contributed by atoms with Crippen molar-refractivity contribution in [3.8, 4) is 0 Å². The third-order valence-electron chi connectivity index (χ3n) is 2.80. The molecule has 0 bridgehead atoms. The first-order valence-corrected chi connectivity index (χ1v) is 5.64. The van der Waals surface area contributed by atoms with Crippen molar-refractivity contribution in [3.63, 3.8) is 0 Å². The van der Waals surface area contributed by atoms with Crippen LogP contribution in [-0.4, -0.2) is 29.0 Å². The Kier molecular flexibility index (Phi) is 3.40. The minimum atomic E-state index is -5.75. The lowest BCUT2D eigenvalue weighted by atomic mass is 9.92. The highest BCUT2D eigenvalue weighted by molar-refractivity contribution is 6.36. The van der Waals surface area contributed by atoms with Crippen molar-refractivity contribution in [2.75, 3.05) is 0 Å². The first kappa shape index (κ1) is 15.0. The van der Waals surface area contributed by atoms with Crippen LogP contribution in [0.4, 0.5) is 26.3 Å². The van der Waals surface area contributed by atoms with Crippen LogP contribution >= 0.6 is 11.6 Å². The lowest BCUT2D eigenvalue weighted by Crippen LogP contribution is -2.63. The second kappa shape index (κ2) is 4.54. The molecule has 2 nitrogen and oxygen atoms in total. The first-order valence-electron chi connectivity index (χ1n) is 5.20. The van der Waals surface area contributed by atoms with Gasteiger partial charge < -0.3 is 4.84 Å². The minimum Gasteiger partial charge on any atom is -0.367 e. The lowest BCUT2D eigenvalue weighted by molar-refractivity contribution is -0.371. The quantitative estimate of drug-likeness (QED) is 0.569. The molecule has 1 aromatic rings. The van der Waals surface area contributed by atoms with Crippen molar-refractivity contribution in [2.45, 2.75) is 23.3 Å². The highest BCUT2D eigenvalue weighted by Crippen LogP contribution is 2.53. The molecular weight excluding hydrogens is 312 g/mol. The topological polar surface area (TPSA) is 21.6 Å². The highest BCUT2D eigenvalue weighted by atomic mass is 35.5. The monoisotopic (exact) mass is 317 g/mol. The summed E-state index contributed by atoms with van der Waals surface area (Å²) in [5.41, 5.74) is -5.11. The van der Waals surface area contributed by atoms with Crippen LogP contribution in [0.1, 0.15) is 5.56 Å². The zero-order valence-electron chi connectivity index (χ0n) is 9.47. The fraction of sp³-hybridized carbons (Fsp3) is 0.364. The van der Waals surface area contributed by atoms with E-state index in [4.69, 9.17) is 11.6 Å². The number of nitrogens with zero attached hydrogens (tertiary/aromatic N) is 1. The van der Waals surface area contributed by atoms with Crippen molar-refractivity contribution < 1.29 is 31.2 Å². The Hall–Kier alpha value is -1.44.